The number of hydrogen-bond donors (Lipinski definition) is 3. The molecule has 4 saturated heterocycles. The van der Waals surface area contributed by atoms with Crippen LogP contribution in [0.5, 0.6) is 0 Å². The second kappa shape index (κ2) is 31.6. The third-order valence-corrected chi connectivity index (χ3v) is 13.4. The van der Waals surface area contributed by atoms with Gasteiger partial charge in [-0.05, 0) is 62.3 Å². The summed E-state index contributed by atoms with van der Waals surface area (Å²) in [7, 11) is -7.14. The van der Waals surface area contributed by atoms with Crippen molar-refractivity contribution in [1.82, 2.24) is 4.72 Å². The molecular weight excluding hydrogens is 916 g/mol. The van der Waals surface area contributed by atoms with Crippen LogP contribution in [0.4, 0.5) is 0 Å². The minimum Gasteiger partial charge on any atom is -0.375 e. The van der Waals surface area contributed by atoms with Crippen LogP contribution in [0.25, 0.3) is 0 Å². The van der Waals surface area contributed by atoms with Gasteiger partial charge in [0, 0.05) is 0 Å². The standard InChI is InChI=1S/C12H23NO2SSi.C8H15NOSi.C7H13NO2S.C5H10Si.C4H11NOS.C3H4O2.C2H2.2CH4.ClH/c1-11(2,3)16(14)13-12(9-15-10-12)7-8-17(4,5)6;1-11(2,3)5-4-8(9)6-10-7-8;1-7(2,3)11(9)8-6-4-10-5-6;1-5-6(2,3)4;1-4(2,3)7(5)6;4-3-1-5-2-3;1-2;;;/h13H,9-10H2,1-6H3;6-7,9H2,1-3H3;4-5H2,1-3H3;1H,2-4H3;5H2,1-3H3;1-2H2;1-2H;2*1H4;1H. The summed E-state index contributed by atoms with van der Waals surface area (Å²) in [5.74, 6) is 6.57. The van der Waals surface area contributed by atoms with Gasteiger partial charge >= 0.3 is 0 Å². The van der Waals surface area contributed by atoms with Crippen molar-refractivity contribution in [2.45, 2.75) is 161 Å². The van der Waals surface area contributed by atoms with Crippen molar-refractivity contribution < 1.29 is 36.4 Å². The molecule has 0 aliphatic carbocycles. The van der Waals surface area contributed by atoms with E-state index in [1.54, 1.807) is 0 Å². The van der Waals surface area contributed by atoms with Gasteiger partial charge in [-0.15, -0.1) is 48.3 Å². The van der Waals surface area contributed by atoms with Crippen molar-refractivity contribution in [2.75, 3.05) is 52.9 Å². The van der Waals surface area contributed by atoms with Crippen LogP contribution < -0.4 is 15.6 Å². The molecule has 12 nitrogen and oxygen atoms in total. The van der Waals surface area contributed by atoms with E-state index < -0.39 is 62.7 Å². The van der Waals surface area contributed by atoms with Gasteiger partial charge in [0.2, 0.25) is 0 Å². The van der Waals surface area contributed by atoms with Crippen molar-refractivity contribution in [3.63, 3.8) is 0 Å². The number of carbonyl (C=O) groups is 1. The van der Waals surface area contributed by atoms with E-state index in [-0.39, 0.29) is 52.8 Å². The zero-order valence-corrected chi connectivity index (χ0v) is 46.2. The summed E-state index contributed by atoms with van der Waals surface area (Å²) in [6.45, 7) is 40.9. The molecular formula is C43H87ClN4O8S3Si3. The van der Waals surface area contributed by atoms with Crippen LogP contribution >= 0.6 is 12.4 Å². The molecule has 4 heterocycles. The maximum atomic E-state index is 12.1. The Hall–Kier alpha value is -1.31. The third-order valence-electron chi connectivity index (χ3n) is 6.46. The molecule has 0 saturated carbocycles. The zero-order chi connectivity index (χ0) is 47.3. The highest BCUT2D eigenvalue weighted by Gasteiger charge is 2.40. The number of terminal acetylenes is 2. The predicted octanol–water partition coefficient (Wildman–Crippen LogP) is 6.64. The van der Waals surface area contributed by atoms with Gasteiger partial charge in [-0.3, -0.25) is 9.93 Å². The van der Waals surface area contributed by atoms with Crippen molar-refractivity contribution in [2.24, 2.45) is 15.3 Å². The number of carbonyl (C=O) groups excluding carboxylic acids is 1. The molecule has 19 heteroatoms. The number of ketones is 1. The minimum atomic E-state index is -1.40. The average Bonchev–Trinajstić information content (AvgIpc) is 3.01. The Balaban J connectivity index is -0.000000156. The van der Waals surface area contributed by atoms with Gasteiger partial charge in [-0.2, -0.15) is 4.40 Å². The zero-order valence-electron chi connectivity index (χ0n) is 39.9. The Morgan fingerprint density at radius 1 is 0.661 bits per heavy atom. The Bertz CT molecular complexity index is 1610. The van der Waals surface area contributed by atoms with Crippen LogP contribution in [0.2, 0.25) is 58.9 Å². The highest BCUT2D eigenvalue weighted by atomic mass is 35.5. The topological polar surface area (TPSA) is 182 Å². The second-order valence-corrected chi connectivity index (χ2v) is 40.0. The van der Waals surface area contributed by atoms with Gasteiger partial charge in [-0.1, -0.05) is 85.6 Å². The Labute approximate surface area is 397 Å². The maximum Gasteiger partial charge on any atom is 0.184 e. The molecule has 0 amide bonds. The smallest absolute Gasteiger partial charge is 0.184 e. The molecule has 62 heavy (non-hydrogen) atoms. The molecule has 364 valence electrons. The first-order valence-electron chi connectivity index (χ1n) is 19.2. The molecule has 4 aliphatic heterocycles. The molecule has 0 radical (unpaired) electrons. The summed E-state index contributed by atoms with van der Waals surface area (Å²) in [5, 5.41) is 5.04. The van der Waals surface area contributed by atoms with Crippen LogP contribution in [-0.2, 0) is 56.7 Å². The Morgan fingerprint density at radius 2 is 1.00 bits per heavy atom. The van der Waals surface area contributed by atoms with Crippen LogP contribution in [0, 0.1) is 47.7 Å². The third kappa shape index (κ3) is 39.1. The van der Waals surface area contributed by atoms with E-state index in [1.807, 2.05) is 62.3 Å². The van der Waals surface area contributed by atoms with Gasteiger partial charge in [0.1, 0.15) is 59.5 Å². The first-order valence-corrected chi connectivity index (χ1v) is 33.2. The van der Waals surface area contributed by atoms with Crippen LogP contribution in [0.3, 0.4) is 0 Å². The van der Waals surface area contributed by atoms with Gasteiger partial charge in [0.25, 0.3) is 0 Å². The normalized spacial score (nSPS) is 18.0. The summed E-state index contributed by atoms with van der Waals surface area (Å²) >= 11 is 0. The molecule has 0 aromatic heterocycles. The molecule has 4 rings (SSSR count). The highest BCUT2D eigenvalue weighted by molar-refractivity contribution is 7.85. The van der Waals surface area contributed by atoms with E-state index in [9.17, 15) is 17.4 Å². The summed E-state index contributed by atoms with van der Waals surface area (Å²) in [6, 6.07) is 0. The SMILES string of the molecule is C.C.C#C.C#C[Si](C)(C)C.CC(C)(C)S(=O)N=C1COC1.CC(C)(C)S(=O)NC1(C#C[Si](C)(C)C)COC1.CC(C)(C)S(N)=O.C[Si](C)(C)C#CC1(N)COC1.Cl.O=C1COC1. The van der Waals surface area contributed by atoms with E-state index in [2.05, 4.69) is 114 Å². The largest absolute Gasteiger partial charge is 0.375 e. The first-order chi connectivity index (χ1) is 26.4. The molecule has 3 atom stereocenters. The number of nitrogens with two attached hydrogens (primary N) is 2. The van der Waals surface area contributed by atoms with Gasteiger partial charge < -0.3 is 24.7 Å². The second-order valence-electron chi connectivity index (χ2n) is 20.1. The molecule has 3 unspecified atom stereocenters. The summed E-state index contributed by atoms with van der Waals surface area (Å²) in [6.07, 6.45) is 13.1. The molecule has 0 aromatic rings. The van der Waals surface area contributed by atoms with E-state index in [1.165, 1.54) is 0 Å². The van der Waals surface area contributed by atoms with Crippen LogP contribution in [-0.4, -0.2) is 127 Å². The monoisotopic (exact) mass is 1000 g/mol. The van der Waals surface area contributed by atoms with Crippen molar-refractivity contribution >= 4 is 81.1 Å². The number of Topliss-reactive ketones (excluding diaryl/α,β-unsaturated/α-hetero) is 1. The van der Waals surface area contributed by atoms with Crippen molar-refractivity contribution in [3.05, 3.63) is 0 Å². The molecule has 0 spiro atoms. The fraction of sp³-hybridized carbons (Fsp3) is 0.767. The summed E-state index contributed by atoms with van der Waals surface area (Å²) in [5.41, 5.74) is 15.4. The quantitative estimate of drug-likeness (QED) is 0.207. The van der Waals surface area contributed by atoms with Gasteiger partial charge in [-0.25, -0.2) is 17.3 Å². The van der Waals surface area contributed by atoms with E-state index >= 15 is 0 Å². The molecule has 4 aliphatic rings. The summed E-state index contributed by atoms with van der Waals surface area (Å²) in [4.78, 5) is 9.77. The van der Waals surface area contributed by atoms with Crippen LogP contribution in [0.15, 0.2) is 4.40 Å². The number of halogens is 1. The highest BCUT2D eigenvalue weighted by Crippen LogP contribution is 2.21. The number of hydrogen-bond acceptors (Lipinski definition) is 9. The van der Waals surface area contributed by atoms with E-state index in [0.717, 1.165) is 5.71 Å². The van der Waals surface area contributed by atoms with Crippen LogP contribution in [0.1, 0.15) is 77.2 Å². The molecule has 4 fully saturated rings. The molecule has 0 aromatic carbocycles. The maximum absolute atomic E-state index is 12.1. The molecule has 0 bridgehead atoms. The lowest BCUT2D eigenvalue weighted by atomic mass is 10.0. The lowest BCUT2D eigenvalue weighted by Gasteiger charge is -2.39. The average molecular weight is 1000 g/mol. The van der Waals surface area contributed by atoms with Crippen molar-refractivity contribution in [1.29, 1.82) is 0 Å². The number of nitrogens with zero attached hydrogens (tertiary/aromatic N) is 1. The number of ether oxygens (including phenoxy) is 4. The van der Waals surface area contributed by atoms with E-state index in [4.69, 9.17) is 31.5 Å². The number of nitrogens with one attached hydrogen (secondary N) is 1. The van der Waals surface area contributed by atoms with Gasteiger partial charge in [0.15, 0.2) is 5.78 Å². The lowest BCUT2D eigenvalue weighted by Crippen LogP contribution is -2.61. The number of rotatable bonds is 3. The predicted molar refractivity (Wildman–Crippen MR) is 281 cm³/mol. The summed E-state index contributed by atoms with van der Waals surface area (Å²) < 4.78 is 59.8. The Kier molecular flexibility index (Phi) is 36.8. The fourth-order valence-electron chi connectivity index (χ4n) is 2.49. The first kappa shape index (κ1) is 72.3. The lowest BCUT2D eigenvalue weighted by molar-refractivity contribution is -0.140. The Morgan fingerprint density at radius 3 is 1.18 bits per heavy atom. The fourth-order valence-corrected chi connectivity index (χ4v) is 5.17. The minimum absolute atomic E-state index is 0. The van der Waals surface area contributed by atoms with E-state index in [0.29, 0.717) is 52.9 Å². The van der Waals surface area contributed by atoms with Gasteiger partial charge in [0.05, 0.1) is 81.6 Å². The molecule has 5 N–H and O–H groups in total. The van der Waals surface area contributed by atoms with Crippen molar-refractivity contribution in [3.8, 4) is 47.7 Å².